The summed E-state index contributed by atoms with van der Waals surface area (Å²) in [6.07, 6.45) is 3.50. The molecular formula is C18H24IN7O3. The molecule has 1 N–H and O–H groups in total. The van der Waals surface area contributed by atoms with Gasteiger partial charge in [0.15, 0.2) is 5.96 Å². The van der Waals surface area contributed by atoms with E-state index in [-0.39, 0.29) is 42.1 Å². The predicted octanol–water partition coefficient (Wildman–Crippen LogP) is 1.76. The van der Waals surface area contributed by atoms with E-state index in [2.05, 4.69) is 15.4 Å². The van der Waals surface area contributed by atoms with Gasteiger partial charge in [0.25, 0.3) is 5.69 Å². The first kappa shape index (κ1) is 22.6. The third-order valence-electron chi connectivity index (χ3n) is 4.42. The molecule has 0 atom stereocenters. The summed E-state index contributed by atoms with van der Waals surface area (Å²) in [5, 5.41) is 18.1. The maximum atomic E-state index is 12.6. The molecule has 1 aliphatic rings. The van der Waals surface area contributed by atoms with Crippen molar-refractivity contribution in [2.45, 2.75) is 13.5 Å². The van der Waals surface area contributed by atoms with Gasteiger partial charge in [0.2, 0.25) is 5.91 Å². The van der Waals surface area contributed by atoms with Crippen molar-refractivity contribution >= 4 is 47.2 Å². The highest BCUT2D eigenvalue weighted by Gasteiger charge is 2.27. The number of carbonyl (C=O) groups is 1. The molecule has 1 aromatic heterocycles. The number of nitrogens with zero attached hydrogens (tertiary/aromatic N) is 6. The summed E-state index contributed by atoms with van der Waals surface area (Å²) < 4.78 is 1.67. The molecule has 0 bridgehead atoms. The van der Waals surface area contributed by atoms with E-state index in [1.807, 2.05) is 25.1 Å². The van der Waals surface area contributed by atoms with Gasteiger partial charge in [0.1, 0.15) is 6.54 Å². The maximum Gasteiger partial charge on any atom is 0.269 e. The van der Waals surface area contributed by atoms with Crippen LogP contribution in [-0.2, 0) is 18.4 Å². The van der Waals surface area contributed by atoms with Crippen LogP contribution < -0.4 is 10.2 Å². The van der Waals surface area contributed by atoms with Crippen LogP contribution in [0.4, 0.5) is 11.4 Å². The van der Waals surface area contributed by atoms with E-state index in [9.17, 15) is 14.9 Å². The molecule has 1 aromatic carbocycles. The molecule has 3 rings (SSSR count). The number of rotatable bonds is 5. The van der Waals surface area contributed by atoms with E-state index in [4.69, 9.17) is 0 Å². The molecule has 29 heavy (non-hydrogen) atoms. The van der Waals surface area contributed by atoms with Gasteiger partial charge in [-0.2, -0.15) is 5.10 Å². The standard InChI is InChI=1S/C18H23N7O3.HI/c1-3-19-18(20-10-14-4-6-15(7-5-14)25(27)28)23-8-9-24(17(26)13-23)16-11-21-22(2)12-16;/h4-7,11-12H,3,8-10,13H2,1-2H3,(H,19,20);1H. The largest absolute Gasteiger partial charge is 0.356 e. The lowest BCUT2D eigenvalue weighted by Gasteiger charge is -2.35. The molecule has 0 spiro atoms. The van der Waals surface area contributed by atoms with Crippen LogP contribution in [0, 0.1) is 10.1 Å². The van der Waals surface area contributed by atoms with Gasteiger partial charge in [-0.05, 0) is 12.5 Å². The molecule has 10 nitrogen and oxygen atoms in total. The molecular weight excluding hydrogens is 489 g/mol. The van der Waals surface area contributed by atoms with Crippen LogP contribution in [-0.4, -0.2) is 57.6 Å². The van der Waals surface area contributed by atoms with Crippen LogP contribution in [0.25, 0.3) is 0 Å². The van der Waals surface area contributed by atoms with Gasteiger partial charge in [-0.1, -0.05) is 12.1 Å². The molecule has 2 aromatic rings. The number of halogens is 1. The Morgan fingerprint density at radius 1 is 1.31 bits per heavy atom. The van der Waals surface area contributed by atoms with E-state index >= 15 is 0 Å². The zero-order valence-corrected chi connectivity index (χ0v) is 18.6. The van der Waals surface area contributed by atoms with E-state index in [1.165, 1.54) is 12.1 Å². The van der Waals surface area contributed by atoms with Crippen molar-refractivity contribution in [3.8, 4) is 0 Å². The summed E-state index contributed by atoms with van der Waals surface area (Å²) in [5.41, 5.74) is 1.71. The number of hydrogen-bond acceptors (Lipinski definition) is 5. The molecule has 0 saturated carbocycles. The smallest absolute Gasteiger partial charge is 0.269 e. The number of carbonyl (C=O) groups excluding carboxylic acids is 1. The lowest BCUT2D eigenvalue weighted by atomic mass is 10.2. The topological polar surface area (TPSA) is 109 Å². The van der Waals surface area contributed by atoms with Crippen molar-refractivity contribution in [3.63, 3.8) is 0 Å². The van der Waals surface area contributed by atoms with Gasteiger partial charge in [-0.15, -0.1) is 24.0 Å². The number of hydrogen-bond donors (Lipinski definition) is 1. The van der Waals surface area contributed by atoms with Gasteiger partial charge in [0.05, 0.1) is 23.4 Å². The number of amides is 1. The number of piperazine rings is 1. The highest BCUT2D eigenvalue weighted by atomic mass is 127. The van der Waals surface area contributed by atoms with E-state index in [0.29, 0.717) is 32.1 Å². The summed E-state index contributed by atoms with van der Waals surface area (Å²) >= 11 is 0. The summed E-state index contributed by atoms with van der Waals surface area (Å²) in [6, 6.07) is 6.31. The SMILES string of the molecule is CCNC(=NCc1ccc([N+](=O)[O-])cc1)N1CCN(c2cnn(C)c2)C(=O)C1.I. The molecule has 1 fully saturated rings. The first-order valence-electron chi connectivity index (χ1n) is 9.03. The molecule has 11 heteroatoms. The zero-order chi connectivity index (χ0) is 20.1. The second kappa shape index (κ2) is 10.2. The van der Waals surface area contributed by atoms with Crippen LogP contribution >= 0.6 is 24.0 Å². The van der Waals surface area contributed by atoms with Gasteiger partial charge in [-0.3, -0.25) is 19.6 Å². The van der Waals surface area contributed by atoms with Gasteiger partial charge < -0.3 is 15.1 Å². The highest BCUT2D eigenvalue weighted by Crippen LogP contribution is 2.16. The van der Waals surface area contributed by atoms with Crippen LogP contribution in [0.2, 0.25) is 0 Å². The van der Waals surface area contributed by atoms with E-state index in [0.717, 1.165) is 11.3 Å². The lowest BCUT2D eigenvalue weighted by Crippen LogP contribution is -2.55. The minimum absolute atomic E-state index is 0. The number of non-ortho nitro benzene ring substituents is 1. The minimum Gasteiger partial charge on any atom is -0.356 e. The van der Waals surface area contributed by atoms with Crippen molar-refractivity contribution in [2.75, 3.05) is 31.1 Å². The van der Waals surface area contributed by atoms with Crippen molar-refractivity contribution in [2.24, 2.45) is 12.0 Å². The Bertz CT molecular complexity index is 882. The van der Waals surface area contributed by atoms with Crippen LogP contribution in [0.1, 0.15) is 12.5 Å². The number of nitrogens with one attached hydrogen (secondary N) is 1. The first-order chi connectivity index (χ1) is 13.5. The minimum atomic E-state index is -0.426. The number of benzene rings is 1. The molecule has 1 aliphatic heterocycles. The fourth-order valence-electron chi connectivity index (χ4n) is 2.99. The second-order valence-corrected chi connectivity index (χ2v) is 6.43. The number of aliphatic imine (C=N–C) groups is 1. The van der Waals surface area contributed by atoms with Crippen LogP contribution in [0.15, 0.2) is 41.7 Å². The van der Waals surface area contributed by atoms with E-state index < -0.39 is 4.92 Å². The number of anilines is 1. The number of aryl methyl sites for hydroxylation is 1. The van der Waals surface area contributed by atoms with Crippen molar-refractivity contribution in [3.05, 3.63) is 52.3 Å². The Hall–Kier alpha value is -2.70. The number of nitro groups is 1. The Morgan fingerprint density at radius 2 is 2.03 bits per heavy atom. The Balaban J connectivity index is 0.00000300. The number of guanidine groups is 1. The normalized spacial score (nSPS) is 14.6. The molecule has 0 radical (unpaired) electrons. The molecule has 1 saturated heterocycles. The lowest BCUT2D eigenvalue weighted by molar-refractivity contribution is -0.384. The Labute approximate surface area is 185 Å². The quantitative estimate of drug-likeness (QED) is 0.215. The van der Waals surface area contributed by atoms with Crippen LogP contribution in [0.3, 0.4) is 0 Å². The summed E-state index contributed by atoms with van der Waals surface area (Å²) in [5.74, 6) is 0.639. The zero-order valence-electron chi connectivity index (χ0n) is 16.3. The van der Waals surface area contributed by atoms with Gasteiger partial charge in [-0.25, -0.2) is 4.99 Å². The monoisotopic (exact) mass is 513 g/mol. The van der Waals surface area contributed by atoms with Crippen molar-refractivity contribution in [1.82, 2.24) is 20.0 Å². The molecule has 156 valence electrons. The first-order valence-corrected chi connectivity index (χ1v) is 9.03. The maximum absolute atomic E-state index is 12.6. The fourth-order valence-corrected chi connectivity index (χ4v) is 2.99. The van der Waals surface area contributed by atoms with E-state index in [1.54, 1.807) is 27.9 Å². The predicted molar refractivity (Wildman–Crippen MR) is 120 cm³/mol. The average Bonchev–Trinajstić information content (AvgIpc) is 3.11. The third-order valence-corrected chi connectivity index (χ3v) is 4.42. The average molecular weight is 513 g/mol. The highest BCUT2D eigenvalue weighted by molar-refractivity contribution is 14.0. The van der Waals surface area contributed by atoms with Gasteiger partial charge in [0, 0.05) is 45.0 Å². The number of aromatic nitrogens is 2. The molecule has 2 heterocycles. The fraction of sp³-hybridized carbons (Fsp3) is 0.389. The Kier molecular flexibility index (Phi) is 7.93. The molecule has 0 aliphatic carbocycles. The Morgan fingerprint density at radius 3 is 2.59 bits per heavy atom. The molecule has 1 amide bonds. The summed E-state index contributed by atoms with van der Waals surface area (Å²) in [7, 11) is 1.82. The molecule has 0 unspecified atom stereocenters. The van der Waals surface area contributed by atoms with Gasteiger partial charge >= 0.3 is 0 Å². The van der Waals surface area contributed by atoms with Crippen LogP contribution in [0.5, 0.6) is 0 Å². The summed E-state index contributed by atoms with van der Waals surface area (Å²) in [4.78, 5) is 31.2. The number of nitro benzene ring substituents is 1. The van der Waals surface area contributed by atoms with Crippen molar-refractivity contribution < 1.29 is 9.72 Å². The van der Waals surface area contributed by atoms with Crippen molar-refractivity contribution in [1.29, 1.82) is 0 Å². The third kappa shape index (κ3) is 5.65. The summed E-state index contributed by atoms with van der Waals surface area (Å²) in [6.45, 7) is 4.43. The second-order valence-electron chi connectivity index (χ2n) is 6.43.